The van der Waals surface area contributed by atoms with E-state index in [0.29, 0.717) is 26.1 Å². The lowest BCUT2D eigenvalue weighted by Gasteiger charge is -2.22. The monoisotopic (exact) mass is 331 g/mol. The fourth-order valence-electron chi connectivity index (χ4n) is 1.73. The van der Waals surface area contributed by atoms with Gasteiger partial charge in [-0.2, -0.15) is 0 Å². The highest BCUT2D eigenvalue weighted by atomic mass is 79.9. The molecule has 3 N–H and O–H groups in total. The SMILES string of the molecule is COCCN(CCC(=N)N)Cc1cc(F)cc(Br)c1. The predicted octanol–water partition coefficient (Wildman–Crippen LogP) is 2.36. The summed E-state index contributed by atoms with van der Waals surface area (Å²) in [5, 5.41) is 7.27. The number of hydrogen-bond donors (Lipinski definition) is 2. The maximum atomic E-state index is 13.3. The normalized spacial score (nSPS) is 10.9. The molecule has 0 bridgehead atoms. The number of halogens is 2. The summed E-state index contributed by atoms with van der Waals surface area (Å²) in [6.07, 6.45) is 0.500. The Labute approximate surface area is 121 Å². The van der Waals surface area contributed by atoms with E-state index in [1.165, 1.54) is 12.1 Å². The first-order valence-electron chi connectivity index (χ1n) is 6.00. The third kappa shape index (κ3) is 6.66. The third-order valence-electron chi connectivity index (χ3n) is 2.64. The summed E-state index contributed by atoms with van der Waals surface area (Å²) in [5.74, 6) is -0.106. The lowest BCUT2D eigenvalue weighted by atomic mass is 10.2. The van der Waals surface area contributed by atoms with Crippen LogP contribution in [0.3, 0.4) is 0 Å². The molecule has 19 heavy (non-hydrogen) atoms. The number of nitrogens with two attached hydrogens (primary N) is 1. The Morgan fingerprint density at radius 3 is 2.74 bits per heavy atom. The van der Waals surface area contributed by atoms with E-state index in [1.54, 1.807) is 7.11 Å². The summed E-state index contributed by atoms with van der Waals surface area (Å²) in [5.41, 5.74) is 6.25. The van der Waals surface area contributed by atoms with E-state index in [2.05, 4.69) is 20.8 Å². The van der Waals surface area contributed by atoms with Crippen molar-refractivity contribution >= 4 is 21.8 Å². The van der Waals surface area contributed by atoms with Crippen molar-refractivity contribution in [1.82, 2.24) is 4.90 Å². The van der Waals surface area contributed by atoms with Crippen LogP contribution >= 0.6 is 15.9 Å². The van der Waals surface area contributed by atoms with Gasteiger partial charge in [0.1, 0.15) is 5.82 Å². The fourth-order valence-corrected chi connectivity index (χ4v) is 2.24. The zero-order chi connectivity index (χ0) is 14.3. The van der Waals surface area contributed by atoms with Crippen molar-refractivity contribution in [2.75, 3.05) is 26.8 Å². The summed E-state index contributed by atoms with van der Waals surface area (Å²) in [7, 11) is 1.64. The van der Waals surface area contributed by atoms with E-state index in [1.807, 2.05) is 6.07 Å². The Balaban J connectivity index is 2.66. The van der Waals surface area contributed by atoms with Crippen molar-refractivity contribution in [3.8, 4) is 0 Å². The van der Waals surface area contributed by atoms with Crippen LogP contribution in [0.5, 0.6) is 0 Å². The minimum Gasteiger partial charge on any atom is -0.388 e. The smallest absolute Gasteiger partial charge is 0.124 e. The van der Waals surface area contributed by atoms with E-state index in [4.69, 9.17) is 15.9 Å². The number of rotatable bonds is 8. The van der Waals surface area contributed by atoms with Crippen molar-refractivity contribution in [3.05, 3.63) is 34.1 Å². The van der Waals surface area contributed by atoms with Gasteiger partial charge in [-0.15, -0.1) is 0 Å². The fraction of sp³-hybridized carbons (Fsp3) is 0.462. The second-order valence-electron chi connectivity index (χ2n) is 4.32. The van der Waals surface area contributed by atoms with Crippen molar-refractivity contribution in [1.29, 1.82) is 5.41 Å². The molecule has 1 aromatic rings. The number of benzene rings is 1. The van der Waals surface area contributed by atoms with Crippen LogP contribution in [0.4, 0.5) is 4.39 Å². The third-order valence-corrected chi connectivity index (χ3v) is 3.10. The maximum absolute atomic E-state index is 13.3. The van der Waals surface area contributed by atoms with Gasteiger partial charge in [-0.25, -0.2) is 4.39 Å². The van der Waals surface area contributed by atoms with E-state index in [0.717, 1.165) is 16.6 Å². The Hall–Kier alpha value is -0.980. The molecule has 0 spiro atoms. The molecule has 0 aliphatic heterocycles. The van der Waals surface area contributed by atoms with Gasteiger partial charge in [-0.05, 0) is 23.8 Å². The first kappa shape index (κ1) is 16.1. The molecule has 0 aromatic heterocycles. The summed E-state index contributed by atoms with van der Waals surface area (Å²) in [4.78, 5) is 2.09. The zero-order valence-electron chi connectivity index (χ0n) is 11.0. The van der Waals surface area contributed by atoms with Gasteiger partial charge in [0.2, 0.25) is 0 Å². The number of ether oxygens (including phenoxy) is 1. The van der Waals surface area contributed by atoms with Crippen LogP contribution in [0, 0.1) is 11.2 Å². The van der Waals surface area contributed by atoms with Crippen molar-refractivity contribution < 1.29 is 9.13 Å². The number of methoxy groups -OCH3 is 1. The highest BCUT2D eigenvalue weighted by Gasteiger charge is 2.08. The first-order chi connectivity index (χ1) is 9.01. The average Bonchev–Trinajstić information content (AvgIpc) is 2.31. The lowest BCUT2D eigenvalue weighted by molar-refractivity contribution is 0.145. The second-order valence-corrected chi connectivity index (χ2v) is 5.24. The average molecular weight is 332 g/mol. The van der Waals surface area contributed by atoms with Crippen LogP contribution in [-0.2, 0) is 11.3 Å². The molecule has 0 heterocycles. The number of amidine groups is 1. The molecule has 106 valence electrons. The molecule has 1 aromatic carbocycles. The topological polar surface area (TPSA) is 62.3 Å². The quantitative estimate of drug-likeness (QED) is 0.567. The number of nitrogens with one attached hydrogen (secondary N) is 1. The largest absolute Gasteiger partial charge is 0.388 e. The molecule has 0 atom stereocenters. The molecule has 6 heteroatoms. The van der Waals surface area contributed by atoms with Gasteiger partial charge < -0.3 is 10.5 Å². The van der Waals surface area contributed by atoms with E-state index >= 15 is 0 Å². The van der Waals surface area contributed by atoms with Gasteiger partial charge in [-0.1, -0.05) is 15.9 Å². The van der Waals surface area contributed by atoms with Gasteiger partial charge in [-0.3, -0.25) is 10.3 Å². The van der Waals surface area contributed by atoms with E-state index < -0.39 is 0 Å². The molecule has 0 aliphatic rings. The maximum Gasteiger partial charge on any atom is 0.124 e. The molecule has 0 aliphatic carbocycles. The molecule has 0 amide bonds. The van der Waals surface area contributed by atoms with Crippen LogP contribution in [0.2, 0.25) is 0 Å². The lowest BCUT2D eigenvalue weighted by Crippen LogP contribution is -2.30. The Bertz CT molecular complexity index is 408. The van der Waals surface area contributed by atoms with E-state index in [-0.39, 0.29) is 11.7 Å². The number of nitrogens with zero attached hydrogens (tertiary/aromatic N) is 1. The van der Waals surface area contributed by atoms with Crippen molar-refractivity contribution in [2.45, 2.75) is 13.0 Å². The molecule has 0 saturated carbocycles. The molecule has 4 nitrogen and oxygen atoms in total. The summed E-state index contributed by atoms with van der Waals surface area (Å²) >= 11 is 3.28. The molecular formula is C13H19BrFN3O. The standard InChI is InChI=1S/C13H19BrFN3O/c1-19-5-4-18(3-2-13(16)17)9-10-6-11(14)8-12(15)7-10/h6-8H,2-5,9H2,1H3,(H3,16,17). The Morgan fingerprint density at radius 2 is 2.16 bits per heavy atom. The summed E-state index contributed by atoms with van der Waals surface area (Å²) in [6, 6.07) is 4.83. The first-order valence-corrected chi connectivity index (χ1v) is 6.79. The molecular weight excluding hydrogens is 313 g/mol. The highest BCUT2D eigenvalue weighted by molar-refractivity contribution is 9.10. The zero-order valence-corrected chi connectivity index (χ0v) is 12.5. The Morgan fingerprint density at radius 1 is 1.42 bits per heavy atom. The van der Waals surface area contributed by atoms with Crippen molar-refractivity contribution in [3.63, 3.8) is 0 Å². The predicted molar refractivity (Wildman–Crippen MR) is 77.8 cm³/mol. The minimum atomic E-state index is -0.261. The second kappa shape index (κ2) is 8.24. The molecule has 0 radical (unpaired) electrons. The van der Waals surface area contributed by atoms with Crippen LogP contribution in [0.25, 0.3) is 0 Å². The van der Waals surface area contributed by atoms with Crippen LogP contribution in [-0.4, -0.2) is 37.5 Å². The van der Waals surface area contributed by atoms with Gasteiger partial charge >= 0.3 is 0 Å². The molecule has 0 fully saturated rings. The Kier molecular flexibility index (Phi) is 6.97. The molecule has 0 unspecified atom stereocenters. The highest BCUT2D eigenvalue weighted by Crippen LogP contribution is 2.16. The van der Waals surface area contributed by atoms with Crippen LogP contribution in [0.15, 0.2) is 22.7 Å². The van der Waals surface area contributed by atoms with Crippen LogP contribution < -0.4 is 5.73 Å². The molecule has 1 rings (SSSR count). The van der Waals surface area contributed by atoms with Crippen molar-refractivity contribution in [2.24, 2.45) is 5.73 Å². The van der Waals surface area contributed by atoms with E-state index in [9.17, 15) is 4.39 Å². The minimum absolute atomic E-state index is 0.155. The van der Waals surface area contributed by atoms with Gasteiger partial charge in [0, 0.05) is 37.6 Å². The van der Waals surface area contributed by atoms with Gasteiger partial charge in [0.25, 0.3) is 0 Å². The molecule has 0 saturated heterocycles. The summed E-state index contributed by atoms with van der Waals surface area (Å²) in [6.45, 7) is 2.58. The number of hydrogen-bond acceptors (Lipinski definition) is 3. The van der Waals surface area contributed by atoms with Gasteiger partial charge in [0.05, 0.1) is 12.4 Å². The van der Waals surface area contributed by atoms with Crippen LogP contribution in [0.1, 0.15) is 12.0 Å². The summed E-state index contributed by atoms with van der Waals surface area (Å²) < 4.78 is 19.1. The van der Waals surface area contributed by atoms with Gasteiger partial charge in [0.15, 0.2) is 0 Å².